The summed E-state index contributed by atoms with van der Waals surface area (Å²) >= 11 is 0. The summed E-state index contributed by atoms with van der Waals surface area (Å²) in [5.41, 5.74) is 0.230. The van der Waals surface area contributed by atoms with E-state index >= 15 is 0 Å². The third-order valence-electron chi connectivity index (χ3n) is 3.09. The summed E-state index contributed by atoms with van der Waals surface area (Å²) in [5, 5.41) is 14.8. The molecule has 1 aliphatic carbocycles. The van der Waals surface area contributed by atoms with E-state index < -0.39 is 0 Å². The van der Waals surface area contributed by atoms with Crippen LogP contribution in [-0.2, 0) is 4.79 Å². The van der Waals surface area contributed by atoms with Gasteiger partial charge in [0.05, 0.1) is 0 Å². The highest BCUT2D eigenvalue weighted by molar-refractivity contribution is 5.75. The van der Waals surface area contributed by atoms with Gasteiger partial charge >= 0.3 is 0 Å². The van der Waals surface area contributed by atoms with Crippen molar-refractivity contribution in [1.82, 2.24) is 10.6 Å². The molecule has 1 aliphatic rings. The number of rotatable bonds is 8. The number of carbonyl (C=O) groups excluding carboxylic acids is 1. The van der Waals surface area contributed by atoms with E-state index in [1.165, 1.54) is 0 Å². The molecule has 1 amide bonds. The Morgan fingerprint density at radius 1 is 1.47 bits per heavy atom. The lowest BCUT2D eigenvalue weighted by Crippen LogP contribution is -2.31. The minimum Gasteiger partial charge on any atom is -0.396 e. The van der Waals surface area contributed by atoms with Crippen LogP contribution in [0.5, 0.6) is 0 Å². The van der Waals surface area contributed by atoms with Crippen molar-refractivity contribution in [2.75, 3.05) is 26.7 Å². The van der Waals surface area contributed by atoms with Crippen molar-refractivity contribution in [3.8, 4) is 0 Å². The summed E-state index contributed by atoms with van der Waals surface area (Å²) in [5.74, 6) is 0.134. The normalized spacial score (nSPS) is 17.5. The summed E-state index contributed by atoms with van der Waals surface area (Å²) in [4.78, 5) is 11.4. The second-order valence-electron chi connectivity index (χ2n) is 4.46. The zero-order valence-corrected chi connectivity index (χ0v) is 9.51. The highest BCUT2D eigenvalue weighted by Gasteiger charge is 2.41. The Hall–Kier alpha value is -0.610. The number of nitrogens with one attached hydrogen (secondary N) is 2. The largest absolute Gasteiger partial charge is 0.396 e. The highest BCUT2D eigenvalue weighted by atomic mass is 16.3. The maximum atomic E-state index is 11.4. The molecule has 1 saturated carbocycles. The van der Waals surface area contributed by atoms with E-state index in [4.69, 9.17) is 5.11 Å². The average molecular weight is 214 g/mol. The number of carbonyl (C=O) groups is 1. The SMILES string of the molecule is CNCCCC(=O)NCC1(CCO)CC1. The van der Waals surface area contributed by atoms with Crippen molar-refractivity contribution < 1.29 is 9.90 Å². The molecule has 88 valence electrons. The van der Waals surface area contributed by atoms with Crippen LogP contribution in [0.2, 0.25) is 0 Å². The van der Waals surface area contributed by atoms with E-state index in [1.807, 2.05) is 7.05 Å². The third kappa shape index (κ3) is 4.62. The van der Waals surface area contributed by atoms with Crippen LogP contribution >= 0.6 is 0 Å². The predicted octanol–water partition coefficient (Wildman–Crippen LogP) is 0.265. The standard InChI is InChI=1S/C11H22N2O2/c1-12-7-2-3-10(15)13-9-11(4-5-11)6-8-14/h12,14H,2-9H2,1H3,(H,13,15). The van der Waals surface area contributed by atoms with Crippen LogP contribution in [0.4, 0.5) is 0 Å². The summed E-state index contributed by atoms with van der Waals surface area (Å²) in [6, 6.07) is 0. The smallest absolute Gasteiger partial charge is 0.220 e. The first kappa shape index (κ1) is 12.5. The third-order valence-corrected chi connectivity index (χ3v) is 3.09. The Balaban J connectivity index is 2.06. The van der Waals surface area contributed by atoms with Crippen LogP contribution in [-0.4, -0.2) is 37.8 Å². The molecule has 1 fully saturated rings. The lowest BCUT2D eigenvalue weighted by Gasteiger charge is -2.14. The number of aliphatic hydroxyl groups is 1. The van der Waals surface area contributed by atoms with Crippen molar-refractivity contribution in [1.29, 1.82) is 0 Å². The van der Waals surface area contributed by atoms with Crippen LogP contribution in [0.3, 0.4) is 0 Å². The fourth-order valence-electron chi connectivity index (χ4n) is 1.73. The minimum absolute atomic E-state index is 0.134. The zero-order valence-electron chi connectivity index (χ0n) is 9.51. The van der Waals surface area contributed by atoms with Gasteiger partial charge in [-0.3, -0.25) is 4.79 Å². The Morgan fingerprint density at radius 3 is 2.73 bits per heavy atom. The van der Waals surface area contributed by atoms with E-state index in [0.29, 0.717) is 6.42 Å². The van der Waals surface area contributed by atoms with Gasteiger partial charge in [0.15, 0.2) is 0 Å². The Labute approximate surface area is 91.4 Å². The molecule has 4 heteroatoms. The summed E-state index contributed by atoms with van der Waals surface area (Å²) < 4.78 is 0. The van der Waals surface area contributed by atoms with E-state index in [1.54, 1.807) is 0 Å². The molecule has 0 saturated heterocycles. The van der Waals surface area contributed by atoms with E-state index in [9.17, 15) is 4.79 Å². The van der Waals surface area contributed by atoms with Crippen LogP contribution in [0.1, 0.15) is 32.1 Å². The van der Waals surface area contributed by atoms with Gasteiger partial charge in [0, 0.05) is 19.6 Å². The Morgan fingerprint density at radius 2 is 2.20 bits per heavy atom. The molecule has 0 aromatic rings. The van der Waals surface area contributed by atoms with Crippen molar-refractivity contribution >= 4 is 5.91 Å². The number of hydrogen-bond donors (Lipinski definition) is 3. The summed E-state index contributed by atoms with van der Waals surface area (Å²) in [7, 11) is 1.89. The molecular weight excluding hydrogens is 192 g/mol. The molecule has 0 unspecified atom stereocenters. The number of hydrogen-bond acceptors (Lipinski definition) is 3. The second kappa shape index (κ2) is 6.08. The van der Waals surface area contributed by atoms with Gasteiger partial charge in [-0.15, -0.1) is 0 Å². The van der Waals surface area contributed by atoms with Crippen LogP contribution in [0.15, 0.2) is 0 Å². The molecule has 0 aliphatic heterocycles. The maximum Gasteiger partial charge on any atom is 0.220 e. The van der Waals surface area contributed by atoms with Crippen LogP contribution in [0.25, 0.3) is 0 Å². The predicted molar refractivity (Wildman–Crippen MR) is 59.5 cm³/mol. The molecule has 0 heterocycles. The van der Waals surface area contributed by atoms with Crippen LogP contribution in [0, 0.1) is 5.41 Å². The van der Waals surface area contributed by atoms with Gasteiger partial charge in [-0.05, 0) is 44.7 Å². The minimum atomic E-state index is 0.134. The Kier molecular flexibility index (Phi) is 5.05. The summed E-state index contributed by atoms with van der Waals surface area (Å²) in [6.07, 6.45) is 4.59. The number of aliphatic hydroxyl groups excluding tert-OH is 1. The molecule has 0 atom stereocenters. The van der Waals surface area contributed by atoms with Gasteiger partial charge in [0.2, 0.25) is 5.91 Å². The molecule has 3 N–H and O–H groups in total. The van der Waals surface area contributed by atoms with Gasteiger partial charge in [-0.2, -0.15) is 0 Å². The number of amides is 1. The van der Waals surface area contributed by atoms with Gasteiger partial charge < -0.3 is 15.7 Å². The first-order valence-corrected chi connectivity index (χ1v) is 5.75. The monoisotopic (exact) mass is 214 g/mol. The maximum absolute atomic E-state index is 11.4. The van der Waals surface area contributed by atoms with E-state index in [-0.39, 0.29) is 17.9 Å². The topological polar surface area (TPSA) is 61.4 Å². The zero-order chi connectivity index (χ0) is 11.1. The Bertz CT molecular complexity index is 203. The lowest BCUT2D eigenvalue weighted by atomic mass is 10.0. The van der Waals surface area contributed by atoms with Gasteiger partial charge in [-0.25, -0.2) is 0 Å². The molecule has 0 bridgehead atoms. The first-order chi connectivity index (χ1) is 7.22. The van der Waals surface area contributed by atoms with E-state index in [2.05, 4.69) is 10.6 Å². The summed E-state index contributed by atoms with van der Waals surface area (Å²) in [6.45, 7) is 1.86. The highest BCUT2D eigenvalue weighted by Crippen LogP contribution is 2.47. The molecule has 0 aromatic heterocycles. The van der Waals surface area contributed by atoms with Crippen molar-refractivity contribution in [2.24, 2.45) is 5.41 Å². The molecule has 15 heavy (non-hydrogen) atoms. The quantitative estimate of drug-likeness (QED) is 0.508. The van der Waals surface area contributed by atoms with Crippen molar-refractivity contribution in [3.63, 3.8) is 0 Å². The molecule has 0 radical (unpaired) electrons. The lowest BCUT2D eigenvalue weighted by molar-refractivity contribution is -0.121. The molecular formula is C11H22N2O2. The fourth-order valence-corrected chi connectivity index (χ4v) is 1.73. The fraction of sp³-hybridized carbons (Fsp3) is 0.909. The second-order valence-corrected chi connectivity index (χ2v) is 4.46. The molecule has 1 rings (SSSR count). The van der Waals surface area contributed by atoms with Gasteiger partial charge in [0.1, 0.15) is 0 Å². The van der Waals surface area contributed by atoms with Gasteiger partial charge in [-0.1, -0.05) is 0 Å². The van der Waals surface area contributed by atoms with Crippen molar-refractivity contribution in [3.05, 3.63) is 0 Å². The van der Waals surface area contributed by atoms with Gasteiger partial charge in [0.25, 0.3) is 0 Å². The first-order valence-electron chi connectivity index (χ1n) is 5.75. The van der Waals surface area contributed by atoms with E-state index in [0.717, 1.165) is 38.8 Å². The molecule has 0 aromatic carbocycles. The van der Waals surface area contributed by atoms with Crippen LogP contribution < -0.4 is 10.6 Å². The molecule has 4 nitrogen and oxygen atoms in total. The average Bonchev–Trinajstić information content (AvgIpc) is 2.97. The molecule has 0 spiro atoms. The van der Waals surface area contributed by atoms with Crippen molar-refractivity contribution in [2.45, 2.75) is 32.1 Å².